The van der Waals surface area contributed by atoms with E-state index >= 15 is 0 Å². The molecule has 0 saturated carbocycles. The summed E-state index contributed by atoms with van der Waals surface area (Å²) in [7, 11) is 0. The number of nitrogens with zero attached hydrogens (tertiary/aromatic N) is 1. The normalized spacial score (nSPS) is 10.3. The van der Waals surface area contributed by atoms with Crippen molar-refractivity contribution >= 4 is 5.82 Å². The predicted octanol–water partition coefficient (Wildman–Crippen LogP) is 3.97. The lowest BCUT2D eigenvalue weighted by molar-refractivity contribution is 0.406. The second-order valence-corrected chi connectivity index (χ2v) is 3.94. The third-order valence-electron chi connectivity index (χ3n) is 2.41. The van der Waals surface area contributed by atoms with Crippen molar-refractivity contribution in [3.05, 3.63) is 48.0 Å². The molecule has 0 atom stereocenters. The average molecular weight is 264 g/mol. The van der Waals surface area contributed by atoms with E-state index in [1.807, 2.05) is 6.92 Å². The Morgan fingerprint density at radius 3 is 2.74 bits per heavy atom. The van der Waals surface area contributed by atoms with Crippen molar-refractivity contribution in [2.24, 2.45) is 0 Å². The summed E-state index contributed by atoms with van der Waals surface area (Å²) < 4.78 is 31.7. The Morgan fingerprint density at radius 2 is 1.95 bits per heavy atom. The maximum Gasteiger partial charge on any atom is 0.221 e. The Labute approximate surface area is 110 Å². The van der Waals surface area contributed by atoms with Crippen LogP contribution >= 0.6 is 0 Å². The first kappa shape index (κ1) is 13.3. The number of benzene rings is 1. The summed E-state index contributed by atoms with van der Waals surface area (Å²) in [4.78, 5) is 4.15. The fraction of sp³-hybridized carbons (Fsp3) is 0.214. The lowest BCUT2D eigenvalue weighted by Gasteiger charge is -2.08. The first-order chi connectivity index (χ1) is 9.20. The molecule has 19 heavy (non-hydrogen) atoms. The van der Waals surface area contributed by atoms with Gasteiger partial charge in [0.25, 0.3) is 0 Å². The Balaban J connectivity index is 2.16. The first-order valence-electron chi connectivity index (χ1n) is 6.03. The number of aromatic nitrogens is 1. The number of ether oxygens (including phenoxy) is 1. The van der Waals surface area contributed by atoms with Crippen molar-refractivity contribution in [2.45, 2.75) is 13.3 Å². The molecule has 0 amide bonds. The summed E-state index contributed by atoms with van der Waals surface area (Å²) in [6.45, 7) is 2.82. The van der Waals surface area contributed by atoms with Gasteiger partial charge in [0.2, 0.25) is 11.7 Å². The molecule has 3 nitrogen and oxygen atoms in total. The van der Waals surface area contributed by atoms with Gasteiger partial charge in [0.05, 0.1) is 0 Å². The average Bonchev–Trinajstić information content (AvgIpc) is 2.42. The van der Waals surface area contributed by atoms with Gasteiger partial charge in [0, 0.05) is 12.6 Å². The highest BCUT2D eigenvalue weighted by atomic mass is 19.2. The Kier molecular flexibility index (Phi) is 4.28. The molecular weight excluding hydrogens is 250 g/mol. The monoisotopic (exact) mass is 264 g/mol. The van der Waals surface area contributed by atoms with Gasteiger partial charge in [-0.05, 0) is 24.6 Å². The molecule has 2 aromatic rings. The van der Waals surface area contributed by atoms with E-state index in [9.17, 15) is 8.78 Å². The number of pyridine rings is 1. The lowest BCUT2D eigenvalue weighted by atomic mass is 10.3. The maximum absolute atomic E-state index is 13.4. The fourth-order valence-electron chi connectivity index (χ4n) is 1.50. The first-order valence-corrected chi connectivity index (χ1v) is 6.03. The molecule has 1 aromatic carbocycles. The molecule has 0 unspecified atom stereocenters. The Hall–Kier alpha value is -2.17. The molecule has 0 bridgehead atoms. The summed E-state index contributed by atoms with van der Waals surface area (Å²) in [6.07, 6.45) is 0.964. The zero-order valence-electron chi connectivity index (χ0n) is 10.5. The second-order valence-electron chi connectivity index (χ2n) is 3.94. The van der Waals surface area contributed by atoms with Crippen LogP contribution in [0.3, 0.4) is 0 Å². The molecule has 1 N–H and O–H groups in total. The largest absolute Gasteiger partial charge is 0.436 e. The SMILES string of the molecule is CCCNc1cccc(Oc2cccc(F)c2F)n1. The zero-order valence-corrected chi connectivity index (χ0v) is 10.5. The molecule has 1 heterocycles. The van der Waals surface area contributed by atoms with Crippen LogP contribution in [0.1, 0.15) is 13.3 Å². The van der Waals surface area contributed by atoms with Gasteiger partial charge in [-0.1, -0.05) is 19.1 Å². The molecule has 0 aliphatic carbocycles. The molecule has 0 saturated heterocycles. The van der Waals surface area contributed by atoms with Gasteiger partial charge in [0.15, 0.2) is 11.6 Å². The van der Waals surface area contributed by atoms with Gasteiger partial charge in [-0.25, -0.2) is 4.39 Å². The summed E-state index contributed by atoms with van der Waals surface area (Å²) in [5.74, 6) is -1.30. The van der Waals surface area contributed by atoms with Crippen LogP contribution in [0.25, 0.3) is 0 Å². The van der Waals surface area contributed by atoms with E-state index in [4.69, 9.17) is 4.74 Å². The minimum atomic E-state index is -1.02. The van der Waals surface area contributed by atoms with Crippen molar-refractivity contribution < 1.29 is 13.5 Å². The van der Waals surface area contributed by atoms with E-state index in [-0.39, 0.29) is 11.6 Å². The highest BCUT2D eigenvalue weighted by Gasteiger charge is 2.10. The molecule has 0 fully saturated rings. The van der Waals surface area contributed by atoms with Gasteiger partial charge >= 0.3 is 0 Å². The van der Waals surface area contributed by atoms with Crippen LogP contribution < -0.4 is 10.1 Å². The van der Waals surface area contributed by atoms with Crippen LogP contribution in [-0.2, 0) is 0 Å². The smallest absolute Gasteiger partial charge is 0.221 e. The van der Waals surface area contributed by atoms with Crippen molar-refractivity contribution in [3.63, 3.8) is 0 Å². The van der Waals surface area contributed by atoms with Gasteiger partial charge in [0.1, 0.15) is 5.82 Å². The minimum absolute atomic E-state index is 0.180. The highest BCUT2D eigenvalue weighted by molar-refractivity contribution is 5.38. The van der Waals surface area contributed by atoms with Crippen LogP contribution in [0.5, 0.6) is 11.6 Å². The van der Waals surface area contributed by atoms with Crippen molar-refractivity contribution in [2.75, 3.05) is 11.9 Å². The molecule has 0 radical (unpaired) electrons. The van der Waals surface area contributed by atoms with Gasteiger partial charge in [-0.2, -0.15) is 9.37 Å². The molecule has 0 spiro atoms. The number of anilines is 1. The summed E-state index contributed by atoms with van der Waals surface area (Å²) in [6, 6.07) is 8.87. The van der Waals surface area contributed by atoms with Crippen molar-refractivity contribution in [3.8, 4) is 11.6 Å². The van der Waals surface area contributed by atoms with E-state index in [2.05, 4.69) is 10.3 Å². The van der Waals surface area contributed by atoms with Gasteiger partial charge < -0.3 is 10.1 Å². The van der Waals surface area contributed by atoms with Crippen molar-refractivity contribution in [1.82, 2.24) is 4.98 Å². The van der Waals surface area contributed by atoms with Crippen LogP contribution in [-0.4, -0.2) is 11.5 Å². The lowest BCUT2D eigenvalue weighted by Crippen LogP contribution is -2.02. The number of nitrogens with one attached hydrogen (secondary N) is 1. The quantitative estimate of drug-likeness (QED) is 0.887. The number of hydrogen-bond donors (Lipinski definition) is 1. The van der Waals surface area contributed by atoms with E-state index in [0.29, 0.717) is 5.82 Å². The van der Waals surface area contributed by atoms with Crippen molar-refractivity contribution in [1.29, 1.82) is 0 Å². The molecule has 2 rings (SSSR count). The van der Waals surface area contributed by atoms with E-state index < -0.39 is 11.6 Å². The third-order valence-corrected chi connectivity index (χ3v) is 2.41. The summed E-state index contributed by atoms with van der Waals surface area (Å²) in [5.41, 5.74) is 0. The van der Waals surface area contributed by atoms with E-state index in [1.165, 1.54) is 12.1 Å². The molecule has 0 aliphatic heterocycles. The zero-order chi connectivity index (χ0) is 13.7. The topological polar surface area (TPSA) is 34.1 Å². The minimum Gasteiger partial charge on any atom is -0.436 e. The number of hydrogen-bond acceptors (Lipinski definition) is 3. The number of halogens is 2. The molecule has 0 aliphatic rings. The van der Waals surface area contributed by atoms with Crippen LogP contribution in [0.15, 0.2) is 36.4 Å². The van der Waals surface area contributed by atoms with Gasteiger partial charge in [-0.3, -0.25) is 0 Å². The van der Waals surface area contributed by atoms with Crippen LogP contribution in [0, 0.1) is 11.6 Å². The van der Waals surface area contributed by atoms with E-state index in [0.717, 1.165) is 19.0 Å². The molecule has 100 valence electrons. The van der Waals surface area contributed by atoms with Crippen LogP contribution in [0.4, 0.5) is 14.6 Å². The molecular formula is C14H14F2N2O. The Bertz CT molecular complexity index is 561. The third kappa shape index (κ3) is 3.40. The summed E-state index contributed by atoms with van der Waals surface area (Å²) in [5, 5.41) is 3.09. The van der Waals surface area contributed by atoms with Crippen LogP contribution in [0.2, 0.25) is 0 Å². The molecule has 5 heteroatoms. The fourth-order valence-corrected chi connectivity index (χ4v) is 1.50. The summed E-state index contributed by atoms with van der Waals surface area (Å²) >= 11 is 0. The highest BCUT2D eigenvalue weighted by Crippen LogP contribution is 2.25. The predicted molar refractivity (Wildman–Crippen MR) is 69.4 cm³/mol. The van der Waals surface area contributed by atoms with E-state index in [1.54, 1.807) is 18.2 Å². The molecule has 1 aromatic heterocycles. The second kappa shape index (κ2) is 6.13. The maximum atomic E-state index is 13.4. The standard InChI is InChI=1S/C14H14F2N2O/c1-2-9-17-12-7-4-8-13(18-12)19-11-6-3-5-10(15)14(11)16/h3-8H,2,9H2,1H3,(H,17,18). The number of rotatable bonds is 5. The van der Waals surface area contributed by atoms with Gasteiger partial charge in [-0.15, -0.1) is 0 Å². The Morgan fingerprint density at radius 1 is 1.16 bits per heavy atom.